The van der Waals surface area contributed by atoms with Gasteiger partial charge in [-0.2, -0.15) is 5.26 Å². The van der Waals surface area contributed by atoms with Crippen molar-refractivity contribution < 1.29 is 24.0 Å². The Labute approximate surface area is 143 Å². The molecule has 1 aromatic rings. The Kier molecular flexibility index (Phi) is 5.54. The number of para-hydroxylation sites is 2. The maximum atomic E-state index is 11.8. The Morgan fingerprint density at radius 3 is 2.68 bits per heavy atom. The molecule has 25 heavy (non-hydrogen) atoms. The third-order valence-electron chi connectivity index (χ3n) is 3.80. The minimum atomic E-state index is -0.968. The molecule has 0 radical (unpaired) electrons. The number of nitro benzene ring substituents is 1. The van der Waals surface area contributed by atoms with Crippen molar-refractivity contribution in [1.29, 1.82) is 5.26 Å². The molecule has 132 valence electrons. The first-order chi connectivity index (χ1) is 11.9. The van der Waals surface area contributed by atoms with Gasteiger partial charge < -0.3 is 14.8 Å². The number of nitrogens with one attached hydrogen (secondary N) is 1. The molecule has 0 saturated heterocycles. The standard InChI is InChI=1S/C16H17N3O6/c1-16(10-17,11-6-7-11)18-14(20)8-25-15(21)9-24-13-5-3-2-4-12(13)19(22)23/h2-5,11H,6-9H2,1H3,(H,18,20)/t16-/m1/s1. The van der Waals surface area contributed by atoms with Crippen molar-refractivity contribution in [3.8, 4) is 11.8 Å². The summed E-state index contributed by atoms with van der Waals surface area (Å²) in [5.74, 6) is -1.40. The Morgan fingerprint density at radius 2 is 2.08 bits per heavy atom. The van der Waals surface area contributed by atoms with Crippen molar-refractivity contribution in [2.24, 2.45) is 5.92 Å². The van der Waals surface area contributed by atoms with Gasteiger partial charge in [-0.1, -0.05) is 12.1 Å². The number of nitrogens with zero attached hydrogens (tertiary/aromatic N) is 2. The molecule has 9 heteroatoms. The minimum absolute atomic E-state index is 0.0697. The molecule has 1 amide bonds. The zero-order valence-electron chi connectivity index (χ0n) is 13.6. The third-order valence-corrected chi connectivity index (χ3v) is 3.80. The molecule has 1 N–H and O–H groups in total. The lowest BCUT2D eigenvalue weighted by molar-refractivity contribution is -0.385. The summed E-state index contributed by atoms with van der Waals surface area (Å²) in [6.45, 7) is 0.501. The molecule has 0 heterocycles. The van der Waals surface area contributed by atoms with Crippen LogP contribution in [0.5, 0.6) is 5.75 Å². The number of nitro groups is 1. The van der Waals surface area contributed by atoms with Gasteiger partial charge in [0.15, 0.2) is 19.0 Å². The molecule has 1 aromatic carbocycles. The van der Waals surface area contributed by atoms with Gasteiger partial charge in [0.1, 0.15) is 5.54 Å². The van der Waals surface area contributed by atoms with E-state index in [2.05, 4.69) is 11.4 Å². The Bertz CT molecular complexity index is 725. The predicted molar refractivity (Wildman–Crippen MR) is 84.4 cm³/mol. The second-order valence-electron chi connectivity index (χ2n) is 5.81. The molecule has 0 aliphatic heterocycles. The van der Waals surface area contributed by atoms with Crippen LogP contribution in [0.1, 0.15) is 19.8 Å². The normalized spacial score (nSPS) is 15.4. The number of ether oxygens (including phenoxy) is 2. The fraction of sp³-hybridized carbons (Fsp3) is 0.438. The van der Waals surface area contributed by atoms with E-state index in [1.54, 1.807) is 6.92 Å². The van der Waals surface area contributed by atoms with Gasteiger partial charge in [-0.15, -0.1) is 0 Å². The monoisotopic (exact) mass is 347 g/mol. The molecule has 2 rings (SSSR count). The van der Waals surface area contributed by atoms with Crippen LogP contribution in [-0.2, 0) is 14.3 Å². The van der Waals surface area contributed by atoms with Crippen LogP contribution in [0.2, 0.25) is 0 Å². The van der Waals surface area contributed by atoms with Crippen LogP contribution in [0, 0.1) is 27.4 Å². The second kappa shape index (κ2) is 7.61. The lowest BCUT2D eigenvalue weighted by Gasteiger charge is -2.22. The highest BCUT2D eigenvalue weighted by Gasteiger charge is 2.43. The number of carbonyl (C=O) groups excluding carboxylic acids is 2. The number of hydrogen-bond donors (Lipinski definition) is 1. The molecule has 1 fully saturated rings. The number of rotatable bonds is 8. The van der Waals surface area contributed by atoms with E-state index in [1.807, 2.05) is 0 Å². The van der Waals surface area contributed by atoms with E-state index in [4.69, 9.17) is 14.7 Å². The van der Waals surface area contributed by atoms with Gasteiger partial charge in [0.2, 0.25) is 0 Å². The van der Waals surface area contributed by atoms with Gasteiger partial charge in [-0.3, -0.25) is 14.9 Å². The molecule has 9 nitrogen and oxygen atoms in total. The van der Waals surface area contributed by atoms with Gasteiger partial charge in [0.25, 0.3) is 5.91 Å². The highest BCUT2D eigenvalue weighted by atomic mass is 16.6. The molecule has 0 unspecified atom stereocenters. The fourth-order valence-electron chi connectivity index (χ4n) is 2.26. The summed E-state index contributed by atoms with van der Waals surface area (Å²) in [7, 11) is 0. The van der Waals surface area contributed by atoms with Crippen molar-refractivity contribution in [3.63, 3.8) is 0 Å². The molecule has 0 spiro atoms. The first kappa shape index (κ1) is 18.2. The zero-order valence-corrected chi connectivity index (χ0v) is 13.6. The minimum Gasteiger partial charge on any atom is -0.475 e. The first-order valence-corrected chi connectivity index (χ1v) is 7.60. The van der Waals surface area contributed by atoms with Crippen LogP contribution in [0.3, 0.4) is 0 Å². The lowest BCUT2D eigenvalue weighted by atomic mass is 9.98. The van der Waals surface area contributed by atoms with Crippen molar-refractivity contribution >= 4 is 17.6 Å². The van der Waals surface area contributed by atoms with E-state index in [0.29, 0.717) is 0 Å². The topological polar surface area (TPSA) is 132 Å². The number of amides is 1. The van der Waals surface area contributed by atoms with Crippen LogP contribution in [0.25, 0.3) is 0 Å². The van der Waals surface area contributed by atoms with E-state index < -0.39 is 35.6 Å². The highest BCUT2D eigenvalue weighted by Crippen LogP contribution is 2.39. The number of carbonyl (C=O) groups is 2. The summed E-state index contributed by atoms with van der Waals surface area (Å²) in [6, 6.07) is 7.66. The molecule has 1 aliphatic rings. The maximum Gasteiger partial charge on any atom is 0.344 e. The van der Waals surface area contributed by atoms with Crippen LogP contribution >= 0.6 is 0 Å². The highest BCUT2D eigenvalue weighted by molar-refractivity contribution is 5.82. The van der Waals surface area contributed by atoms with Crippen molar-refractivity contribution in [2.75, 3.05) is 13.2 Å². The van der Waals surface area contributed by atoms with E-state index >= 15 is 0 Å². The molecule has 0 bridgehead atoms. The molecule has 0 aromatic heterocycles. The summed E-state index contributed by atoms with van der Waals surface area (Å²) >= 11 is 0. The van der Waals surface area contributed by atoms with E-state index in [9.17, 15) is 19.7 Å². The zero-order chi connectivity index (χ0) is 18.4. The van der Waals surface area contributed by atoms with Gasteiger partial charge in [-0.25, -0.2) is 4.79 Å². The van der Waals surface area contributed by atoms with Crippen LogP contribution in [0.15, 0.2) is 24.3 Å². The van der Waals surface area contributed by atoms with Crippen molar-refractivity contribution in [2.45, 2.75) is 25.3 Å². The second-order valence-corrected chi connectivity index (χ2v) is 5.81. The van der Waals surface area contributed by atoms with E-state index in [-0.39, 0.29) is 17.4 Å². The van der Waals surface area contributed by atoms with Gasteiger partial charge >= 0.3 is 11.7 Å². The molecular formula is C16H17N3O6. The summed E-state index contributed by atoms with van der Waals surface area (Å²) in [6.07, 6.45) is 1.74. The van der Waals surface area contributed by atoms with Crippen molar-refractivity contribution in [1.82, 2.24) is 5.32 Å². The van der Waals surface area contributed by atoms with Crippen LogP contribution < -0.4 is 10.1 Å². The van der Waals surface area contributed by atoms with Crippen LogP contribution in [0.4, 0.5) is 5.69 Å². The average Bonchev–Trinajstić information content (AvgIpc) is 3.43. The largest absolute Gasteiger partial charge is 0.475 e. The predicted octanol–water partition coefficient (Wildman–Crippen LogP) is 1.33. The van der Waals surface area contributed by atoms with E-state index in [0.717, 1.165) is 12.8 Å². The number of nitriles is 1. The van der Waals surface area contributed by atoms with Crippen LogP contribution in [-0.4, -0.2) is 35.6 Å². The average molecular weight is 347 g/mol. The van der Waals surface area contributed by atoms with Gasteiger partial charge in [0, 0.05) is 6.07 Å². The first-order valence-electron chi connectivity index (χ1n) is 7.60. The van der Waals surface area contributed by atoms with Gasteiger partial charge in [0.05, 0.1) is 11.0 Å². The number of benzene rings is 1. The SMILES string of the molecule is C[C@](C#N)(NC(=O)COC(=O)COc1ccccc1[N+](=O)[O-])C1CC1. The molecule has 1 aliphatic carbocycles. The van der Waals surface area contributed by atoms with E-state index in [1.165, 1.54) is 24.3 Å². The number of esters is 1. The molecule has 1 atom stereocenters. The summed E-state index contributed by atoms with van der Waals surface area (Å²) in [5, 5.41) is 22.5. The smallest absolute Gasteiger partial charge is 0.344 e. The number of hydrogen-bond acceptors (Lipinski definition) is 7. The summed E-state index contributed by atoms with van der Waals surface area (Å²) < 4.78 is 9.82. The lowest BCUT2D eigenvalue weighted by Crippen LogP contribution is -2.48. The van der Waals surface area contributed by atoms with Gasteiger partial charge in [-0.05, 0) is 31.7 Å². The quantitative estimate of drug-likeness (QED) is 0.426. The molecule has 1 saturated carbocycles. The Balaban J connectivity index is 1.78. The maximum absolute atomic E-state index is 11.8. The molecular weight excluding hydrogens is 330 g/mol. The summed E-state index contributed by atoms with van der Waals surface area (Å²) in [4.78, 5) is 33.6. The van der Waals surface area contributed by atoms with Crippen molar-refractivity contribution in [3.05, 3.63) is 34.4 Å². The summed E-state index contributed by atoms with van der Waals surface area (Å²) in [5.41, 5.74) is -1.24. The Hall–Kier alpha value is -3.15. The Morgan fingerprint density at radius 1 is 1.40 bits per heavy atom. The fourth-order valence-corrected chi connectivity index (χ4v) is 2.26. The third kappa shape index (κ3) is 4.91.